The maximum Gasteiger partial charge on any atom is 0.160 e. The van der Waals surface area contributed by atoms with Gasteiger partial charge in [0.25, 0.3) is 0 Å². The monoisotopic (exact) mass is 328 g/mol. The molecule has 0 unspecified atom stereocenters. The summed E-state index contributed by atoms with van der Waals surface area (Å²) in [5.41, 5.74) is 4.35. The molecule has 4 heteroatoms. The minimum Gasteiger partial charge on any atom is -0.315 e. The normalized spacial score (nSPS) is 17.6. The summed E-state index contributed by atoms with van der Waals surface area (Å²) in [7, 11) is 0. The number of aryl methyl sites for hydroxylation is 1. The number of rotatable bonds is 2. The van der Waals surface area contributed by atoms with Gasteiger partial charge >= 0.3 is 0 Å². The van der Waals surface area contributed by atoms with Gasteiger partial charge in [0.1, 0.15) is 11.3 Å². The van der Waals surface area contributed by atoms with Crippen molar-refractivity contribution in [3.8, 4) is 11.1 Å². The van der Waals surface area contributed by atoms with Gasteiger partial charge in [-0.3, -0.25) is 0 Å². The molecule has 0 spiro atoms. The maximum atomic E-state index is 4.89. The Labute approximate surface area is 146 Å². The van der Waals surface area contributed by atoms with Crippen LogP contribution in [0.2, 0.25) is 0 Å². The molecular formula is C21H20N4. The minimum absolute atomic E-state index is 0.448. The van der Waals surface area contributed by atoms with Crippen LogP contribution >= 0.6 is 0 Å². The zero-order valence-electron chi connectivity index (χ0n) is 14.2. The minimum atomic E-state index is 0.448. The van der Waals surface area contributed by atoms with Gasteiger partial charge in [-0.05, 0) is 48.4 Å². The Balaban J connectivity index is 1.71. The molecule has 3 heterocycles. The van der Waals surface area contributed by atoms with E-state index in [1.807, 2.05) is 6.20 Å². The second kappa shape index (κ2) is 5.67. The van der Waals surface area contributed by atoms with E-state index in [0.29, 0.717) is 6.04 Å². The van der Waals surface area contributed by atoms with Crippen molar-refractivity contribution in [2.24, 2.45) is 0 Å². The van der Waals surface area contributed by atoms with Gasteiger partial charge in [-0.2, -0.15) is 0 Å². The third-order valence-corrected chi connectivity index (χ3v) is 5.22. The van der Waals surface area contributed by atoms with Gasteiger partial charge in [-0.1, -0.05) is 36.4 Å². The fraction of sp³-hybridized carbons (Fsp3) is 0.238. The molecule has 2 aromatic carbocycles. The van der Waals surface area contributed by atoms with Gasteiger partial charge in [-0.25, -0.2) is 9.97 Å². The first kappa shape index (κ1) is 14.6. The van der Waals surface area contributed by atoms with Gasteiger partial charge in [0, 0.05) is 18.3 Å². The highest BCUT2D eigenvalue weighted by molar-refractivity contribution is 5.94. The van der Waals surface area contributed by atoms with Gasteiger partial charge in [0.15, 0.2) is 5.65 Å². The fourth-order valence-corrected chi connectivity index (χ4v) is 3.99. The largest absolute Gasteiger partial charge is 0.315 e. The van der Waals surface area contributed by atoms with E-state index in [9.17, 15) is 0 Å². The zero-order chi connectivity index (χ0) is 16.8. The maximum absolute atomic E-state index is 4.89. The first-order valence-electron chi connectivity index (χ1n) is 8.85. The average molecular weight is 328 g/mol. The number of imidazole rings is 1. The molecule has 0 bridgehead atoms. The lowest BCUT2D eigenvalue weighted by molar-refractivity contribution is 0.544. The van der Waals surface area contributed by atoms with Crippen LogP contribution in [0.15, 0.2) is 54.7 Å². The highest BCUT2D eigenvalue weighted by atomic mass is 15.2. The van der Waals surface area contributed by atoms with Crippen molar-refractivity contribution in [2.75, 3.05) is 13.1 Å². The Kier molecular flexibility index (Phi) is 3.31. The predicted molar refractivity (Wildman–Crippen MR) is 102 cm³/mol. The number of aromatic nitrogens is 3. The van der Waals surface area contributed by atoms with E-state index in [4.69, 9.17) is 4.98 Å². The summed E-state index contributed by atoms with van der Waals surface area (Å²) >= 11 is 0. The molecule has 4 nitrogen and oxygen atoms in total. The Morgan fingerprint density at radius 3 is 2.80 bits per heavy atom. The molecule has 1 aliphatic heterocycles. The van der Waals surface area contributed by atoms with Crippen molar-refractivity contribution in [3.63, 3.8) is 0 Å². The van der Waals surface area contributed by atoms with Crippen LogP contribution in [0.25, 0.3) is 33.1 Å². The molecule has 1 saturated heterocycles. The van der Waals surface area contributed by atoms with Crippen molar-refractivity contribution in [2.45, 2.75) is 19.4 Å². The Hall–Kier alpha value is -2.72. The lowest BCUT2D eigenvalue weighted by Gasteiger charge is -2.13. The highest BCUT2D eigenvalue weighted by Crippen LogP contribution is 2.32. The number of hydrogen-bond donors (Lipinski definition) is 1. The molecule has 0 saturated carbocycles. The van der Waals surface area contributed by atoms with E-state index in [1.165, 1.54) is 16.3 Å². The number of fused-ring (bicyclic) bond motifs is 2. The van der Waals surface area contributed by atoms with Crippen LogP contribution in [0.1, 0.15) is 18.3 Å². The van der Waals surface area contributed by atoms with Crippen LogP contribution in [0.4, 0.5) is 0 Å². The summed E-state index contributed by atoms with van der Waals surface area (Å²) < 4.78 is 2.31. The highest BCUT2D eigenvalue weighted by Gasteiger charge is 2.22. The molecule has 2 aromatic heterocycles. The first-order valence-corrected chi connectivity index (χ1v) is 8.85. The fourth-order valence-electron chi connectivity index (χ4n) is 3.99. The molecule has 0 radical (unpaired) electrons. The quantitative estimate of drug-likeness (QED) is 0.602. The second-order valence-corrected chi connectivity index (χ2v) is 6.77. The zero-order valence-corrected chi connectivity index (χ0v) is 14.2. The van der Waals surface area contributed by atoms with Gasteiger partial charge in [0.2, 0.25) is 0 Å². The number of nitrogens with zero attached hydrogens (tertiary/aromatic N) is 3. The number of pyridine rings is 1. The molecule has 25 heavy (non-hydrogen) atoms. The number of benzene rings is 2. The van der Waals surface area contributed by atoms with E-state index in [1.54, 1.807) is 0 Å². The second-order valence-electron chi connectivity index (χ2n) is 6.77. The number of nitrogens with one attached hydrogen (secondary N) is 1. The van der Waals surface area contributed by atoms with Crippen molar-refractivity contribution in [1.82, 2.24) is 19.9 Å². The summed E-state index contributed by atoms with van der Waals surface area (Å²) in [4.78, 5) is 9.55. The van der Waals surface area contributed by atoms with Gasteiger partial charge < -0.3 is 9.88 Å². The summed E-state index contributed by atoms with van der Waals surface area (Å²) in [6, 6.07) is 17.6. The molecule has 1 atom stereocenters. The molecule has 1 fully saturated rings. The van der Waals surface area contributed by atoms with Crippen LogP contribution in [-0.4, -0.2) is 27.6 Å². The summed E-state index contributed by atoms with van der Waals surface area (Å²) in [6.45, 7) is 4.15. The number of hydrogen-bond acceptors (Lipinski definition) is 3. The van der Waals surface area contributed by atoms with Crippen LogP contribution in [-0.2, 0) is 0 Å². The topological polar surface area (TPSA) is 42.7 Å². The molecule has 1 aliphatic rings. The molecule has 0 aliphatic carbocycles. The van der Waals surface area contributed by atoms with E-state index in [-0.39, 0.29) is 0 Å². The van der Waals surface area contributed by atoms with Gasteiger partial charge in [0.05, 0.1) is 6.04 Å². The average Bonchev–Trinajstić information content (AvgIpc) is 3.27. The van der Waals surface area contributed by atoms with Crippen LogP contribution < -0.4 is 5.32 Å². The van der Waals surface area contributed by atoms with Crippen LogP contribution in [0.3, 0.4) is 0 Å². The smallest absolute Gasteiger partial charge is 0.160 e. The lowest BCUT2D eigenvalue weighted by Crippen LogP contribution is -2.14. The van der Waals surface area contributed by atoms with Crippen molar-refractivity contribution < 1.29 is 0 Å². The Morgan fingerprint density at radius 1 is 1.08 bits per heavy atom. The molecule has 1 N–H and O–H groups in total. The standard InChI is InChI=1S/C21H20N4/c1-14-24-20-19(17-7-6-15-4-2-3-5-16(15)12-17)9-11-23-21(20)25(14)18-8-10-22-13-18/h2-7,9,11-12,18,22H,8,10,13H2,1H3/t18-/m0/s1. The van der Waals surface area contributed by atoms with E-state index in [0.717, 1.165) is 42.1 Å². The Bertz CT molecular complexity index is 1070. The van der Waals surface area contributed by atoms with E-state index < -0.39 is 0 Å². The molecule has 4 aromatic rings. The predicted octanol–water partition coefficient (Wildman–Crippen LogP) is 4.09. The van der Waals surface area contributed by atoms with E-state index >= 15 is 0 Å². The summed E-state index contributed by atoms with van der Waals surface area (Å²) in [5.74, 6) is 1.05. The van der Waals surface area contributed by atoms with Crippen LogP contribution in [0, 0.1) is 6.92 Å². The molecule has 0 amide bonds. The van der Waals surface area contributed by atoms with Gasteiger partial charge in [-0.15, -0.1) is 0 Å². The molecule has 124 valence electrons. The first-order chi connectivity index (χ1) is 12.3. The van der Waals surface area contributed by atoms with E-state index in [2.05, 4.69) is 70.3 Å². The van der Waals surface area contributed by atoms with Crippen molar-refractivity contribution >= 4 is 21.9 Å². The summed E-state index contributed by atoms with van der Waals surface area (Å²) in [6.07, 6.45) is 3.04. The third-order valence-electron chi connectivity index (χ3n) is 5.22. The third kappa shape index (κ3) is 2.33. The van der Waals surface area contributed by atoms with Crippen molar-refractivity contribution in [1.29, 1.82) is 0 Å². The summed E-state index contributed by atoms with van der Waals surface area (Å²) in [5, 5.41) is 5.95. The van der Waals surface area contributed by atoms with Crippen molar-refractivity contribution in [3.05, 3.63) is 60.6 Å². The SMILES string of the molecule is Cc1nc2c(-c3ccc4ccccc4c3)ccnc2n1[C@H]1CCNC1. The van der Waals surface area contributed by atoms with Crippen LogP contribution in [0.5, 0.6) is 0 Å². The Morgan fingerprint density at radius 2 is 1.96 bits per heavy atom. The molecular weight excluding hydrogens is 308 g/mol. The lowest BCUT2D eigenvalue weighted by atomic mass is 10.0. The molecule has 5 rings (SSSR count).